The van der Waals surface area contributed by atoms with Crippen LogP contribution in [0.4, 0.5) is 0 Å². The number of carbonyl (C=O) groups is 1. The van der Waals surface area contributed by atoms with E-state index in [1.54, 1.807) is 6.92 Å². The molecule has 2 N–H and O–H groups in total. The maximum Gasteiger partial charge on any atom is 0.219 e. The van der Waals surface area contributed by atoms with E-state index in [-0.39, 0.29) is 29.9 Å². The number of hydrogen-bond donors (Lipinski definition) is 2. The lowest BCUT2D eigenvalue weighted by Crippen LogP contribution is -2.65. The molecule has 1 spiro atoms. The zero-order valence-corrected chi connectivity index (χ0v) is 18.8. The molecule has 7 heteroatoms. The predicted octanol–water partition coefficient (Wildman–Crippen LogP) is 2.52. The molecule has 1 amide bonds. The molecule has 3 aliphatic rings. The molecule has 0 bridgehead atoms. The van der Waals surface area contributed by atoms with Crippen LogP contribution in [-0.2, 0) is 9.53 Å². The molecular formula is C19H35IN4O2. The molecule has 0 radical (unpaired) electrons. The molecule has 2 aliphatic carbocycles. The Morgan fingerprint density at radius 1 is 1.23 bits per heavy atom. The molecule has 150 valence electrons. The van der Waals surface area contributed by atoms with E-state index in [2.05, 4.69) is 22.5 Å². The highest BCUT2D eigenvalue weighted by Crippen LogP contribution is 2.54. The molecule has 3 fully saturated rings. The second-order valence-electron chi connectivity index (χ2n) is 7.81. The summed E-state index contributed by atoms with van der Waals surface area (Å²) in [6, 6.07) is 0.860. The molecule has 1 saturated heterocycles. The Morgan fingerprint density at radius 2 is 1.88 bits per heavy atom. The van der Waals surface area contributed by atoms with Crippen LogP contribution < -0.4 is 10.6 Å². The van der Waals surface area contributed by atoms with Gasteiger partial charge in [0, 0.05) is 51.2 Å². The number of nitrogens with zero attached hydrogens (tertiary/aromatic N) is 2. The molecule has 26 heavy (non-hydrogen) atoms. The van der Waals surface area contributed by atoms with Crippen LogP contribution in [0, 0.1) is 5.41 Å². The minimum absolute atomic E-state index is 0. The van der Waals surface area contributed by atoms with E-state index < -0.39 is 0 Å². The largest absolute Gasteiger partial charge is 0.378 e. The number of nitrogens with one attached hydrogen (secondary N) is 2. The van der Waals surface area contributed by atoms with Gasteiger partial charge in [0.1, 0.15) is 0 Å². The van der Waals surface area contributed by atoms with Gasteiger partial charge in [-0.05, 0) is 39.0 Å². The molecule has 0 aromatic carbocycles. The summed E-state index contributed by atoms with van der Waals surface area (Å²) in [5, 5.41) is 7.26. The molecule has 3 rings (SSSR count). The summed E-state index contributed by atoms with van der Waals surface area (Å²) < 4.78 is 6.01. The summed E-state index contributed by atoms with van der Waals surface area (Å²) >= 11 is 0. The summed E-state index contributed by atoms with van der Waals surface area (Å²) in [5.74, 6) is 1.09. The number of amides is 1. The maximum atomic E-state index is 11.5. The fourth-order valence-electron chi connectivity index (χ4n) is 4.96. The van der Waals surface area contributed by atoms with Crippen molar-refractivity contribution >= 4 is 35.8 Å². The van der Waals surface area contributed by atoms with Gasteiger partial charge in [0.25, 0.3) is 0 Å². The van der Waals surface area contributed by atoms with Crippen LogP contribution in [0.25, 0.3) is 0 Å². The van der Waals surface area contributed by atoms with Gasteiger partial charge >= 0.3 is 0 Å². The second-order valence-corrected chi connectivity index (χ2v) is 7.81. The van der Waals surface area contributed by atoms with Crippen molar-refractivity contribution in [2.45, 2.75) is 77.0 Å². The van der Waals surface area contributed by atoms with Crippen LogP contribution in [0.15, 0.2) is 4.99 Å². The summed E-state index contributed by atoms with van der Waals surface area (Å²) in [6.07, 6.45) is 8.63. The van der Waals surface area contributed by atoms with Gasteiger partial charge in [-0.25, -0.2) is 0 Å². The lowest BCUT2D eigenvalue weighted by molar-refractivity contribution is -0.129. The number of rotatable bonds is 4. The SMILES string of the molecule is CCOC1CC(NC(=NC)NC2CCN(C(C)=O)CC2)C12CCCC2.I. The fourth-order valence-corrected chi connectivity index (χ4v) is 4.96. The van der Waals surface area contributed by atoms with Gasteiger partial charge in [-0.1, -0.05) is 12.8 Å². The minimum atomic E-state index is 0. The van der Waals surface area contributed by atoms with E-state index in [1.165, 1.54) is 25.7 Å². The third-order valence-corrected chi connectivity index (χ3v) is 6.50. The van der Waals surface area contributed by atoms with Gasteiger partial charge in [0.05, 0.1) is 6.10 Å². The molecule has 0 aromatic heterocycles. The van der Waals surface area contributed by atoms with E-state index in [0.717, 1.165) is 44.9 Å². The number of piperidine rings is 1. The number of halogens is 1. The Hall–Kier alpha value is -0.570. The highest BCUT2D eigenvalue weighted by molar-refractivity contribution is 14.0. The number of guanidine groups is 1. The zero-order valence-electron chi connectivity index (χ0n) is 16.4. The minimum Gasteiger partial charge on any atom is -0.378 e. The third-order valence-electron chi connectivity index (χ3n) is 6.50. The normalized spacial score (nSPS) is 28.4. The first-order valence-corrected chi connectivity index (χ1v) is 9.96. The Labute approximate surface area is 174 Å². The van der Waals surface area contributed by atoms with Gasteiger partial charge in [0.2, 0.25) is 5.91 Å². The van der Waals surface area contributed by atoms with Crippen molar-refractivity contribution in [3.8, 4) is 0 Å². The van der Waals surface area contributed by atoms with Crippen LogP contribution in [0.1, 0.15) is 58.8 Å². The van der Waals surface area contributed by atoms with Gasteiger partial charge in [-0.15, -0.1) is 24.0 Å². The van der Waals surface area contributed by atoms with E-state index >= 15 is 0 Å². The third kappa shape index (κ3) is 4.46. The van der Waals surface area contributed by atoms with E-state index in [0.29, 0.717) is 23.6 Å². The van der Waals surface area contributed by atoms with E-state index in [9.17, 15) is 4.79 Å². The van der Waals surface area contributed by atoms with Gasteiger partial charge in [-0.3, -0.25) is 9.79 Å². The summed E-state index contributed by atoms with van der Waals surface area (Å²) in [6.45, 7) is 6.23. The molecular weight excluding hydrogens is 443 g/mol. The summed E-state index contributed by atoms with van der Waals surface area (Å²) in [5.41, 5.74) is 0.311. The average Bonchev–Trinajstić information content (AvgIpc) is 3.13. The Kier molecular flexibility index (Phi) is 8.00. The van der Waals surface area contributed by atoms with E-state index in [4.69, 9.17) is 4.74 Å². The van der Waals surface area contributed by atoms with Crippen molar-refractivity contribution in [3.05, 3.63) is 0 Å². The monoisotopic (exact) mass is 478 g/mol. The van der Waals surface area contributed by atoms with Crippen LogP contribution in [0.2, 0.25) is 0 Å². The van der Waals surface area contributed by atoms with Crippen LogP contribution in [0.5, 0.6) is 0 Å². The molecule has 2 unspecified atom stereocenters. The first-order chi connectivity index (χ1) is 12.1. The molecule has 2 atom stereocenters. The number of hydrogen-bond acceptors (Lipinski definition) is 3. The number of ether oxygens (including phenoxy) is 1. The summed E-state index contributed by atoms with van der Waals surface area (Å²) in [4.78, 5) is 17.8. The average molecular weight is 478 g/mol. The lowest BCUT2D eigenvalue weighted by Gasteiger charge is -2.54. The Balaban J connectivity index is 0.00000243. The molecule has 6 nitrogen and oxygen atoms in total. The van der Waals surface area contributed by atoms with Crippen molar-refractivity contribution < 1.29 is 9.53 Å². The van der Waals surface area contributed by atoms with Crippen molar-refractivity contribution in [3.63, 3.8) is 0 Å². The van der Waals surface area contributed by atoms with Crippen molar-refractivity contribution in [2.75, 3.05) is 26.7 Å². The van der Waals surface area contributed by atoms with Crippen LogP contribution >= 0.6 is 24.0 Å². The van der Waals surface area contributed by atoms with Crippen molar-refractivity contribution in [1.29, 1.82) is 0 Å². The van der Waals surface area contributed by atoms with Crippen LogP contribution in [-0.4, -0.2) is 61.7 Å². The topological polar surface area (TPSA) is 66.0 Å². The predicted molar refractivity (Wildman–Crippen MR) is 115 cm³/mol. The second kappa shape index (κ2) is 9.57. The number of carbonyl (C=O) groups excluding carboxylic acids is 1. The number of aliphatic imine (C=N–C) groups is 1. The zero-order chi connectivity index (χ0) is 17.9. The number of likely N-dealkylation sites (tertiary alicyclic amines) is 1. The standard InChI is InChI=1S/C19H34N4O2.HI/c1-4-25-17-13-16(19(17)9-5-6-10-19)22-18(20-3)21-15-7-11-23(12-8-15)14(2)24;/h15-17H,4-13H2,1-3H3,(H2,20,21,22);1H. The first-order valence-electron chi connectivity index (χ1n) is 9.96. The quantitative estimate of drug-likeness (QED) is 0.370. The van der Waals surface area contributed by atoms with Crippen LogP contribution in [0.3, 0.4) is 0 Å². The maximum absolute atomic E-state index is 11.5. The van der Waals surface area contributed by atoms with E-state index in [1.807, 2.05) is 11.9 Å². The Bertz CT molecular complexity index is 500. The molecule has 1 heterocycles. The van der Waals surface area contributed by atoms with Gasteiger partial charge < -0.3 is 20.3 Å². The van der Waals surface area contributed by atoms with Crippen molar-refractivity contribution in [2.24, 2.45) is 10.4 Å². The lowest BCUT2D eigenvalue weighted by atomic mass is 9.60. The molecule has 0 aromatic rings. The highest BCUT2D eigenvalue weighted by Gasteiger charge is 2.57. The molecule has 1 aliphatic heterocycles. The van der Waals surface area contributed by atoms with Gasteiger partial charge in [-0.2, -0.15) is 0 Å². The first kappa shape index (κ1) is 21.7. The highest BCUT2D eigenvalue weighted by atomic mass is 127. The fraction of sp³-hybridized carbons (Fsp3) is 0.895. The smallest absolute Gasteiger partial charge is 0.219 e. The van der Waals surface area contributed by atoms with Gasteiger partial charge in [0.15, 0.2) is 5.96 Å². The molecule has 2 saturated carbocycles. The van der Waals surface area contributed by atoms with Crippen molar-refractivity contribution in [1.82, 2.24) is 15.5 Å². The Morgan fingerprint density at radius 3 is 2.42 bits per heavy atom. The summed E-state index contributed by atoms with van der Waals surface area (Å²) in [7, 11) is 1.85.